The van der Waals surface area contributed by atoms with Gasteiger partial charge in [0.05, 0.1) is 5.71 Å². The Hall–Kier alpha value is -2.66. The summed E-state index contributed by atoms with van der Waals surface area (Å²) in [4.78, 5) is 11.9. The van der Waals surface area contributed by atoms with Crippen LogP contribution in [0.1, 0.15) is 40.2 Å². The maximum atomic E-state index is 11.9. The first-order valence-corrected chi connectivity index (χ1v) is 9.89. The summed E-state index contributed by atoms with van der Waals surface area (Å²) in [6.07, 6.45) is 2.26. The second kappa shape index (κ2) is 8.57. The molecule has 0 bridgehead atoms. The molecule has 3 aromatic rings. The quantitative estimate of drug-likeness (QED) is 0.339. The second-order valence-corrected chi connectivity index (χ2v) is 7.95. The predicted molar refractivity (Wildman–Crippen MR) is 117 cm³/mol. The van der Waals surface area contributed by atoms with Gasteiger partial charge >= 0.3 is 0 Å². The van der Waals surface area contributed by atoms with Gasteiger partial charge in [-0.25, -0.2) is 0 Å². The van der Waals surface area contributed by atoms with Crippen molar-refractivity contribution in [1.82, 2.24) is 4.57 Å². The third-order valence-electron chi connectivity index (χ3n) is 5.10. The average Bonchev–Trinajstić information content (AvgIpc) is 2.68. The molecular weight excluding hydrogens is 416 g/mol. The molecule has 5 heteroatoms. The Labute approximate surface area is 173 Å². The molecule has 144 valence electrons. The molecule has 2 aromatic carbocycles. The van der Waals surface area contributed by atoms with Crippen molar-refractivity contribution in [2.75, 3.05) is 0 Å². The Morgan fingerprint density at radius 2 is 1.79 bits per heavy atom. The van der Waals surface area contributed by atoms with Crippen molar-refractivity contribution in [3.05, 3.63) is 103 Å². The fourth-order valence-corrected chi connectivity index (χ4v) is 3.77. The lowest BCUT2D eigenvalue weighted by molar-refractivity contribution is 0.317. The van der Waals surface area contributed by atoms with Crippen LogP contribution in [0.25, 0.3) is 0 Å². The molecule has 0 aliphatic rings. The first kappa shape index (κ1) is 20.1. The highest BCUT2D eigenvalue weighted by Crippen LogP contribution is 2.32. The molecule has 0 radical (unpaired) electrons. The van der Waals surface area contributed by atoms with Gasteiger partial charge in [-0.05, 0) is 48.2 Å². The van der Waals surface area contributed by atoms with E-state index < -0.39 is 0 Å². The average molecular weight is 439 g/mol. The third-order valence-corrected chi connectivity index (χ3v) is 5.63. The van der Waals surface area contributed by atoms with Crippen LogP contribution in [0, 0.1) is 13.8 Å². The minimum Gasteiger partial charge on any atom is -0.411 e. The van der Waals surface area contributed by atoms with Crippen LogP contribution in [0.3, 0.4) is 0 Å². The van der Waals surface area contributed by atoms with Crippen LogP contribution in [-0.4, -0.2) is 15.5 Å². The van der Waals surface area contributed by atoms with Crippen LogP contribution in [0.4, 0.5) is 0 Å². The van der Waals surface area contributed by atoms with Gasteiger partial charge in [0.1, 0.15) is 0 Å². The number of hydrogen-bond donors (Lipinski definition) is 1. The SMILES string of the molecule is Cc1cc(=O)n(C)cc1C(CC(c1ccc(Br)cc1)c1ccccc1C)=NO. The Kier molecular flexibility index (Phi) is 6.15. The molecule has 1 heterocycles. The van der Waals surface area contributed by atoms with E-state index in [1.807, 2.05) is 31.2 Å². The second-order valence-electron chi connectivity index (χ2n) is 7.03. The summed E-state index contributed by atoms with van der Waals surface area (Å²) in [7, 11) is 1.70. The lowest BCUT2D eigenvalue weighted by Crippen LogP contribution is -2.20. The Morgan fingerprint density at radius 3 is 2.43 bits per heavy atom. The smallest absolute Gasteiger partial charge is 0.250 e. The maximum absolute atomic E-state index is 11.9. The maximum Gasteiger partial charge on any atom is 0.250 e. The van der Waals surface area contributed by atoms with Crippen LogP contribution in [0.15, 0.2) is 75.2 Å². The molecule has 3 rings (SSSR count). The van der Waals surface area contributed by atoms with E-state index in [0.29, 0.717) is 12.1 Å². The molecule has 0 fully saturated rings. The topological polar surface area (TPSA) is 54.6 Å². The van der Waals surface area contributed by atoms with Gasteiger partial charge in [-0.2, -0.15) is 0 Å². The first-order chi connectivity index (χ1) is 13.4. The molecule has 4 nitrogen and oxygen atoms in total. The molecule has 0 aliphatic carbocycles. The molecule has 0 amide bonds. The van der Waals surface area contributed by atoms with Crippen LogP contribution < -0.4 is 5.56 Å². The van der Waals surface area contributed by atoms with E-state index in [-0.39, 0.29) is 11.5 Å². The molecule has 0 saturated heterocycles. The van der Waals surface area contributed by atoms with Crippen LogP contribution in [-0.2, 0) is 7.05 Å². The summed E-state index contributed by atoms with van der Waals surface area (Å²) in [6, 6.07) is 18.0. The zero-order chi connectivity index (χ0) is 20.3. The van der Waals surface area contributed by atoms with Crippen molar-refractivity contribution in [2.45, 2.75) is 26.2 Å². The van der Waals surface area contributed by atoms with E-state index in [0.717, 1.165) is 21.2 Å². The monoisotopic (exact) mass is 438 g/mol. The number of oxime groups is 1. The Bertz CT molecular complexity index is 1070. The minimum absolute atomic E-state index is 0.0248. The van der Waals surface area contributed by atoms with Gasteiger partial charge in [0.15, 0.2) is 0 Å². The van der Waals surface area contributed by atoms with Crippen LogP contribution in [0.2, 0.25) is 0 Å². The van der Waals surface area contributed by atoms with Crippen LogP contribution >= 0.6 is 15.9 Å². The van der Waals surface area contributed by atoms with Gasteiger partial charge in [-0.1, -0.05) is 57.5 Å². The van der Waals surface area contributed by atoms with Crippen molar-refractivity contribution in [2.24, 2.45) is 12.2 Å². The molecule has 0 spiro atoms. The Morgan fingerprint density at radius 1 is 1.11 bits per heavy atom. The first-order valence-electron chi connectivity index (χ1n) is 9.10. The molecule has 1 aromatic heterocycles. The molecule has 0 aliphatic heterocycles. The number of pyridine rings is 1. The highest BCUT2D eigenvalue weighted by molar-refractivity contribution is 9.10. The number of hydrogen-bond acceptors (Lipinski definition) is 3. The van der Waals surface area contributed by atoms with E-state index >= 15 is 0 Å². The summed E-state index contributed by atoms with van der Waals surface area (Å²) < 4.78 is 2.53. The zero-order valence-electron chi connectivity index (χ0n) is 16.2. The predicted octanol–water partition coefficient (Wildman–Crippen LogP) is 5.17. The standard InChI is InChI=1S/C23H23BrN2O2/c1-15-6-4-5-7-19(15)20(17-8-10-18(24)11-9-17)13-22(25-28)21-14-26(3)23(27)12-16(21)2/h4-12,14,20,28H,13H2,1-3H3. The summed E-state index contributed by atoms with van der Waals surface area (Å²) in [5.41, 5.74) is 5.57. The molecule has 1 atom stereocenters. The lowest BCUT2D eigenvalue weighted by atomic mass is 9.83. The summed E-state index contributed by atoms with van der Waals surface area (Å²) in [6.45, 7) is 3.96. The van der Waals surface area contributed by atoms with Crippen molar-refractivity contribution in [3.63, 3.8) is 0 Å². The fraction of sp³-hybridized carbons (Fsp3) is 0.217. The Balaban J connectivity index is 2.08. The number of aryl methyl sites for hydroxylation is 3. The molecule has 0 saturated carbocycles. The normalized spacial score (nSPS) is 12.8. The van der Waals surface area contributed by atoms with E-state index in [1.165, 1.54) is 15.7 Å². The van der Waals surface area contributed by atoms with Crippen molar-refractivity contribution in [3.8, 4) is 0 Å². The summed E-state index contributed by atoms with van der Waals surface area (Å²) >= 11 is 3.49. The molecule has 1 unspecified atom stereocenters. The number of rotatable bonds is 5. The van der Waals surface area contributed by atoms with E-state index in [2.05, 4.69) is 52.3 Å². The van der Waals surface area contributed by atoms with E-state index in [9.17, 15) is 10.0 Å². The van der Waals surface area contributed by atoms with Gasteiger partial charge in [0.25, 0.3) is 5.56 Å². The number of halogens is 1. The number of aromatic nitrogens is 1. The van der Waals surface area contributed by atoms with E-state index in [4.69, 9.17) is 0 Å². The van der Waals surface area contributed by atoms with Gasteiger partial charge in [0.2, 0.25) is 0 Å². The van der Waals surface area contributed by atoms with Gasteiger partial charge < -0.3 is 9.77 Å². The number of nitrogens with zero attached hydrogens (tertiary/aromatic N) is 2. The zero-order valence-corrected chi connectivity index (χ0v) is 17.8. The number of benzene rings is 2. The minimum atomic E-state index is -0.0816. The van der Waals surface area contributed by atoms with E-state index in [1.54, 1.807) is 19.3 Å². The van der Waals surface area contributed by atoms with Crippen molar-refractivity contribution < 1.29 is 5.21 Å². The highest BCUT2D eigenvalue weighted by atomic mass is 79.9. The fourth-order valence-electron chi connectivity index (χ4n) is 3.50. The summed E-state index contributed by atoms with van der Waals surface area (Å²) in [5, 5.41) is 13.4. The van der Waals surface area contributed by atoms with Crippen LogP contribution in [0.5, 0.6) is 0 Å². The molecule has 28 heavy (non-hydrogen) atoms. The van der Waals surface area contributed by atoms with Crippen molar-refractivity contribution >= 4 is 21.6 Å². The summed E-state index contributed by atoms with van der Waals surface area (Å²) in [5.74, 6) is 0.0248. The molecule has 1 N–H and O–H groups in total. The molecular formula is C23H23BrN2O2. The largest absolute Gasteiger partial charge is 0.411 e. The third kappa shape index (κ3) is 4.25. The van der Waals surface area contributed by atoms with Gasteiger partial charge in [-0.3, -0.25) is 4.79 Å². The van der Waals surface area contributed by atoms with Gasteiger partial charge in [0, 0.05) is 41.7 Å². The van der Waals surface area contributed by atoms with Crippen molar-refractivity contribution in [1.29, 1.82) is 0 Å². The van der Waals surface area contributed by atoms with Gasteiger partial charge in [-0.15, -0.1) is 0 Å². The highest BCUT2D eigenvalue weighted by Gasteiger charge is 2.21. The lowest BCUT2D eigenvalue weighted by Gasteiger charge is -2.21.